The molecule has 0 spiro atoms. The first-order chi connectivity index (χ1) is 7.99. The second-order valence-corrected chi connectivity index (χ2v) is 4.85. The summed E-state index contributed by atoms with van der Waals surface area (Å²) in [5.41, 5.74) is 6.28. The molecule has 0 amide bonds. The van der Waals surface area contributed by atoms with Gasteiger partial charge in [-0.2, -0.15) is 0 Å². The summed E-state index contributed by atoms with van der Waals surface area (Å²) in [6.45, 7) is 2.67. The Hall–Kier alpha value is -1.00. The first-order valence-corrected chi connectivity index (χ1v) is 5.84. The van der Waals surface area contributed by atoms with E-state index in [2.05, 4.69) is 0 Å². The van der Waals surface area contributed by atoms with Gasteiger partial charge in [0.15, 0.2) is 0 Å². The van der Waals surface area contributed by atoms with Gasteiger partial charge in [-0.3, -0.25) is 0 Å². The Balaban J connectivity index is 2.09. The second-order valence-electron chi connectivity index (χ2n) is 4.85. The van der Waals surface area contributed by atoms with Gasteiger partial charge in [0.25, 0.3) is 0 Å². The minimum Gasteiger partial charge on any atom is -0.374 e. The number of ether oxygens (including phenoxy) is 1. The highest BCUT2D eigenvalue weighted by molar-refractivity contribution is 5.19. The van der Waals surface area contributed by atoms with Gasteiger partial charge in [0, 0.05) is 18.7 Å². The lowest BCUT2D eigenvalue weighted by Gasteiger charge is -2.30. The molecule has 0 bridgehead atoms. The third-order valence-electron chi connectivity index (χ3n) is 3.41. The SMILES string of the molecule is CC1(C(N)Cc2cc(F)cc(F)c2)CCCO1. The van der Waals surface area contributed by atoms with Crippen molar-refractivity contribution in [2.45, 2.75) is 37.8 Å². The van der Waals surface area contributed by atoms with Crippen LogP contribution in [0, 0.1) is 11.6 Å². The van der Waals surface area contributed by atoms with Crippen molar-refractivity contribution in [2.75, 3.05) is 6.61 Å². The molecular formula is C13H17F2NO. The number of rotatable bonds is 3. The van der Waals surface area contributed by atoms with Crippen molar-refractivity contribution in [1.29, 1.82) is 0 Å². The summed E-state index contributed by atoms with van der Waals surface area (Å²) in [6, 6.07) is 3.26. The van der Waals surface area contributed by atoms with Crippen LogP contribution < -0.4 is 5.73 Å². The zero-order valence-electron chi connectivity index (χ0n) is 9.88. The normalized spacial score (nSPS) is 26.1. The fourth-order valence-electron chi connectivity index (χ4n) is 2.29. The van der Waals surface area contributed by atoms with Crippen LogP contribution in [0.4, 0.5) is 8.78 Å². The van der Waals surface area contributed by atoms with Gasteiger partial charge in [0.2, 0.25) is 0 Å². The molecule has 2 nitrogen and oxygen atoms in total. The molecule has 17 heavy (non-hydrogen) atoms. The molecule has 2 N–H and O–H groups in total. The van der Waals surface area contributed by atoms with Crippen molar-refractivity contribution in [1.82, 2.24) is 0 Å². The summed E-state index contributed by atoms with van der Waals surface area (Å²) >= 11 is 0. The lowest BCUT2D eigenvalue weighted by Crippen LogP contribution is -2.46. The number of halogens is 2. The Bertz CT molecular complexity index is 382. The predicted octanol–water partition coefficient (Wildman–Crippen LogP) is 2.40. The summed E-state index contributed by atoms with van der Waals surface area (Å²) < 4.78 is 31.7. The lowest BCUT2D eigenvalue weighted by molar-refractivity contribution is -0.000936. The molecule has 2 rings (SSSR count). The number of hydrogen-bond donors (Lipinski definition) is 1. The van der Waals surface area contributed by atoms with Crippen LogP contribution in [-0.4, -0.2) is 18.2 Å². The van der Waals surface area contributed by atoms with Crippen LogP contribution in [0.2, 0.25) is 0 Å². The van der Waals surface area contributed by atoms with Gasteiger partial charge in [0.1, 0.15) is 11.6 Å². The van der Waals surface area contributed by atoms with Gasteiger partial charge in [-0.25, -0.2) is 8.78 Å². The maximum atomic E-state index is 13.0. The van der Waals surface area contributed by atoms with Crippen LogP contribution in [0.5, 0.6) is 0 Å². The molecule has 0 aliphatic carbocycles. The van der Waals surface area contributed by atoms with E-state index in [1.165, 1.54) is 12.1 Å². The lowest BCUT2D eigenvalue weighted by atomic mass is 9.89. The van der Waals surface area contributed by atoms with Crippen molar-refractivity contribution in [2.24, 2.45) is 5.73 Å². The molecule has 1 aliphatic heterocycles. The van der Waals surface area contributed by atoms with Crippen LogP contribution in [0.25, 0.3) is 0 Å². The Morgan fingerprint density at radius 1 is 1.35 bits per heavy atom. The van der Waals surface area contributed by atoms with Crippen molar-refractivity contribution in [3.05, 3.63) is 35.4 Å². The number of benzene rings is 1. The largest absolute Gasteiger partial charge is 0.374 e. The average Bonchev–Trinajstić information content (AvgIpc) is 2.64. The Morgan fingerprint density at radius 3 is 2.53 bits per heavy atom. The number of hydrogen-bond acceptors (Lipinski definition) is 2. The van der Waals surface area contributed by atoms with Gasteiger partial charge < -0.3 is 10.5 Å². The molecule has 1 heterocycles. The van der Waals surface area contributed by atoms with E-state index in [-0.39, 0.29) is 11.6 Å². The first-order valence-electron chi connectivity index (χ1n) is 5.84. The van der Waals surface area contributed by atoms with Gasteiger partial charge in [-0.1, -0.05) is 0 Å². The van der Waals surface area contributed by atoms with E-state index < -0.39 is 11.6 Å². The first kappa shape index (κ1) is 12.5. The molecule has 4 heteroatoms. The summed E-state index contributed by atoms with van der Waals surface area (Å²) in [5, 5.41) is 0. The van der Waals surface area contributed by atoms with E-state index in [0.29, 0.717) is 18.6 Å². The van der Waals surface area contributed by atoms with E-state index in [1.54, 1.807) is 0 Å². The molecule has 1 aromatic rings. The molecule has 0 saturated carbocycles. The fourth-order valence-corrected chi connectivity index (χ4v) is 2.29. The van der Waals surface area contributed by atoms with E-state index in [4.69, 9.17) is 10.5 Å². The standard InChI is InChI=1S/C13H17F2NO/c1-13(3-2-4-17-13)12(16)7-9-5-10(14)8-11(15)6-9/h5-6,8,12H,2-4,7,16H2,1H3. The second kappa shape index (κ2) is 4.70. The summed E-state index contributed by atoms with van der Waals surface area (Å²) in [5.74, 6) is -1.13. The van der Waals surface area contributed by atoms with Crippen LogP contribution in [0.15, 0.2) is 18.2 Å². The molecule has 1 saturated heterocycles. The smallest absolute Gasteiger partial charge is 0.126 e. The van der Waals surface area contributed by atoms with Crippen LogP contribution in [0.3, 0.4) is 0 Å². The highest BCUT2D eigenvalue weighted by atomic mass is 19.1. The molecule has 1 fully saturated rings. The van der Waals surface area contributed by atoms with Gasteiger partial charge in [0.05, 0.1) is 5.60 Å². The van der Waals surface area contributed by atoms with Crippen LogP contribution in [0.1, 0.15) is 25.3 Å². The van der Waals surface area contributed by atoms with E-state index in [1.807, 2.05) is 6.92 Å². The Labute approximate surface area is 99.8 Å². The van der Waals surface area contributed by atoms with Gasteiger partial charge in [-0.15, -0.1) is 0 Å². The molecule has 2 unspecified atom stereocenters. The zero-order valence-corrected chi connectivity index (χ0v) is 9.88. The summed E-state index contributed by atoms with van der Waals surface area (Å²) in [6.07, 6.45) is 2.30. The van der Waals surface area contributed by atoms with Crippen molar-refractivity contribution in [3.63, 3.8) is 0 Å². The zero-order chi connectivity index (χ0) is 12.5. The van der Waals surface area contributed by atoms with Crippen LogP contribution in [-0.2, 0) is 11.2 Å². The monoisotopic (exact) mass is 241 g/mol. The highest BCUT2D eigenvalue weighted by Gasteiger charge is 2.36. The third-order valence-corrected chi connectivity index (χ3v) is 3.41. The molecule has 1 aromatic carbocycles. The fraction of sp³-hybridized carbons (Fsp3) is 0.538. The summed E-state index contributed by atoms with van der Waals surface area (Å²) in [7, 11) is 0. The third kappa shape index (κ3) is 2.82. The maximum absolute atomic E-state index is 13.0. The molecule has 0 radical (unpaired) electrons. The topological polar surface area (TPSA) is 35.2 Å². The minimum absolute atomic E-state index is 0.244. The Kier molecular flexibility index (Phi) is 3.45. The molecule has 1 aliphatic rings. The van der Waals surface area contributed by atoms with E-state index in [9.17, 15) is 8.78 Å². The molecule has 0 aromatic heterocycles. The Morgan fingerprint density at radius 2 is 2.00 bits per heavy atom. The average molecular weight is 241 g/mol. The van der Waals surface area contributed by atoms with Crippen LogP contribution >= 0.6 is 0 Å². The van der Waals surface area contributed by atoms with Crippen molar-refractivity contribution in [3.8, 4) is 0 Å². The molecule has 2 atom stereocenters. The number of nitrogens with two attached hydrogens (primary N) is 1. The van der Waals surface area contributed by atoms with E-state index in [0.717, 1.165) is 18.9 Å². The van der Waals surface area contributed by atoms with E-state index >= 15 is 0 Å². The van der Waals surface area contributed by atoms with Crippen molar-refractivity contribution < 1.29 is 13.5 Å². The van der Waals surface area contributed by atoms with Gasteiger partial charge >= 0.3 is 0 Å². The minimum atomic E-state index is -0.565. The molecule has 94 valence electrons. The quantitative estimate of drug-likeness (QED) is 0.882. The maximum Gasteiger partial charge on any atom is 0.126 e. The van der Waals surface area contributed by atoms with Crippen molar-refractivity contribution >= 4 is 0 Å². The van der Waals surface area contributed by atoms with Gasteiger partial charge in [-0.05, 0) is 43.9 Å². The summed E-state index contributed by atoms with van der Waals surface area (Å²) in [4.78, 5) is 0. The molecular weight excluding hydrogens is 224 g/mol. The highest BCUT2D eigenvalue weighted by Crippen LogP contribution is 2.29. The predicted molar refractivity (Wildman–Crippen MR) is 61.6 cm³/mol.